The van der Waals surface area contributed by atoms with Crippen LogP contribution in [0.4, 0.5) is 0 Å². The fraction of sp³-hybridized carbons (Fsp3) is 0.833. The van der Waals surface area contributed by atoms with Crippen LogP contribution in [-0.4, -0.2) is 41.0 Å². The molecule has 0 spiro atoms. The topological polar surface area (TPSA) is 44.8 Å². The molecule has 4 nitrogen and oxygen atoms in total. The molecule has 0 aromatic heterocycles. The third kappa shape index (κ3) is 3.57. The van der Waals surface area contributed by atoms with Crippen molar-refractivity contribution < 1.29 is 18.4 Å². The molecule has 0 heterocycles. The maximum atomic E-state index is 11.0. The average molecular weight is 209 g/mol. The Bertz CT molecular complexity index is 144. The van der Waals surface area contributed by atoms with Crippen molar-refractivity contribution >= 4 is 27.9 Å². The van der Waals surface area contributed by atoms with Gasteiger partial charge in [-0.25, -0.2) is 0 Å². The van der Waals surface area contributed by atoms with Crippen molar-refractivity contribution in [3.05, 3.63) is 0 Å². The van der Waals surface area contributed by atoms with Gasteiger partial charge in [-0.05, 0) is 6.92 Å². The summed E-state index contributed by atoms with van der Waals surface area (Å²) in [7, 11) is 1.17. The van der Waals surface area contributed by atoms with E-state index in [1.165, 1.54) is 14.2 Å². The molecule has 0 saturated carbocycles. The molecule has 0 saturated heterocycles. The summed E-state index contributed by atoms with van der Waals surface area (Å²) in [4.78, 5) is 10.4. The second kappa shape index (κ2) is 6.47. The Morgan fingerprint density at radius 1 is 1.58 bits per heavy atom. The van der Waals surface area contributed by atoms with Gasteiger partial charge in [0, 0.05) is 13.7 Å². The highest BCUT2D eigenvalue weighted by Crippen LogP contribution is 2.05. The van der Waals surface area contributed by atoms with E-state index in [2.05, 4.69) is 17.4 Å². The molecule has 0 aliphatic carbocycles. The largest absolute Gasteiger partial charge is 0.468 e. The number of hydrogen-bond donors (Lipinski definition) is 1. The van der Waals surface area contributed by atoms with Crippen LogP contribution in [0.3, 0.4) is 0 Å². The second-order valence-corrected chi connectivity index (χ2v) is 4.80. The molecule has 0 amide bonds. The molecule has 0 aromatic carbocycles. The highest BCUT2D eigenvalue weighted by molar-refractivity contribution is 7.83. The monoisotopic (exact) mass is 209 g/mol. The van der Waals surface area contributed by atoms with Crippen LogP contribution in [0.25, 0.3) is 0 Å². The van der Waals surface area contributed by atoms with Crippen LogP contribution in [0.2, 0.25) is 0 Å². The Kier molecular flexibility index (Phi) is 6.45. The molecule has 12 heavy (non-hydrogen) atoms. The maximum Gasteiger partial charge on any atom is 0.410 e. The van der Waals surface area contributed by atoms with Gasteiger partial charge in [0.25, 0.3) is 0 Å². The number of methoxy groups -OCH3 is 1. The van der Waals surface area contributed by atoms with E-state index >= 15 is 0 Å². The van der Waals surface area contributed by atoms with E-state index in [0.717, 1.165) is 0 Å². The van der Waals surface area contributed by atoms with Crippen molar-refractivity contribution in [3.63, 3.8) is 0 Å². The number of hydrogen-bond acceptors (Lipinski definition) is 5. The van der Waals surface area contributed by atoms with Crippen LogP contribution in [0.5, 0.6) is 0 Å². The summed E-state index contributed by atoms with van der Waals surface area (Å²) < 4.78 is 14.6. The molecule has 1 radical (unpaired) electrons. The summed E-state index contributed by atoms with van der Waals surface area (Å²) in [6.07, 6.45) is 0. The predicted molar refractivity (Wildman–Crippen MR) is 49.2 cm³/mol. The van der Waals surface area contributed by atoms with Gasteiger partial charge >= 0.3 is 15.3 Å². The predicted octanol–water partition coefficient (Wildman–Crippen LogP) is 0.168. The van der Waals surface area contributed by atoms with Crippen molar-refractivity contribution in [1.29, 1.82) is 0 Å². The minimum atomic E-state index is -1.63. The minimum absolute atomic E-state index is 0.414. The molecule has 0 rings (SSSR count). The van der Waals surface area contributed by atoms with Gasteiger partial charge < -0.3 is 13.6 Å². The number of carbonyl (C=O) groups excluding carboxylic acids is 1. The number of esters is 1. The zero-order chi connectivity index (χ0) is 9.56. The molecular formula is C6H13O4SSi. The Hall–Kier alpha value is -0.0431. The van der Waals surface area contributed by atoms with Gasteiger partial charge in [-0.15, -0.1) is 0 Å². The molecule has 0 aliphatic heterocycles. The van der Waals surface area contributed by atoms with Crippen LogP contribution in [-0.2, 0) is 18.4 Å². The summed E-state index contributed by atoms with van der Waals surface area (Å²) in [5.74, 6) is -0.414. The summed E-state index contributed by atoms with van der Waals surface area (Å²) in [6, 6.07) is 0. The zero-order valence-corrected chi connectivity index (χ0v) is 9.26. The molecule has 0 fully saturated rings. The van der Waals surface area contributed by atoms with Crippen LogP contribution in [0.15, 0.2) is 0 Å². The molecular weight excluding hydrogens is 196 g/mol. The first kappa shape index (κ1) is 12.0. The first-order chi connectivity index (χ1) is 5.67. The lowest BCUT2D eigenvalue weighted by molar-refractivity contribution is -0.138. The summed E-state index contributed by atoms with van der Waals surface area (Å²) in [5.41, 5.74) is 0. The van der Waals surface area contributed by atoms with Crippen LogP contribution in [0.1, 0.15) is 6.92 Å². The lowest BCUT2D eigenvalue weighted by Crippen LogP contribution is -2.39. The van der Waals surface area contributed by atoms with Crippen molar-refractivity contribution in [2.75, 3.05) is 20.8 Å². The van der Waals surface area contributed by atoms with Crippen LogP contribution in [0, 0.1) is 0 Å². The van der Waals surface area contributed by atoms with Crippen molar-refractivity contribution in [2.45, 2.75) is 11.8 Å². The fourth-order valence-electron chi connectivity index (χ4n) is 0.600. The Labute approximate surface area is 79.4 Å². The summed E-state index contributed by atoms with van der Waals surface area (Å²) in [5, 5.41) is 0. The van der Waals surface area contributed by atoms with Gasteiger partial charge in [-0.3, -0.25) is 4.79 Å². The molecule has 0 bridgehead atoms. The van der Waals surface area contributed by atoms with Crippen molar-refractivity contribution in [1.82, 2.24) is 0 Å². The smallest absolute Gasteiger partial charge is 0.410 e. The molecule has 0 aromatic rings. The van der Waals surface area contributed by atoms with E-state index in [4.69, 9.17) is 8.85 Å². The number of thiol groups is 1. The van der Waals surface area contributed by atoms with Gasteiger partial charge in [-0.1, -0.05) is 0 Å². The maximum absolute atomic E-state index is 11.0. The van der Waals surface area contributed by atoms with E-state index in [-0.39, 0.29) is 0 Å². The standard InChI is InChI=1S/C6H13O4SSi/c1-4-10-12(9-3)6(11)5(7)8-2/h6,11H,4H2,1-3H3. The molecule has 71 valence electrons. The SMILES string of the molecule is CCO[Si](OC)C(S)C(=O)OC. The van der Waals surface area contributed by atoms with E-state index in [1.807, 2.05) is 6.92 Å². The lowest BCUT2D eigenvalue weighted by Gasteiger charge is -2.15. The first-order valence-electron chi connectivity index (χ1n) is 3.46. The van der Waals surface area contributed by atoms with Gasteiger partial charge in [0.1, 0.15) is 4.87 Å². The second-order valence-electron chi connectivity index (χ2n) is 1.88. The Morgan fingerprint density at radius 2 is 2.17 bits per heavy atom. The molecule has 1 atom stereocenters. The summed E-state index contributed by atoms with van der Waals surface area (Å²) >= 11 is 4.03. The molecule has 1 unspecified atom stereocenters. The number of carbonyl (C=O) groups is 1. The van der Waals surface area contributed by atoms with E-state index in [0.29, 0.717) is 6.61 Å². The van der Waals surface area contributed by atoms with Gasteiger partial charge in [0.15, 0.2) is 0 Å². The number of ether oxygens (including phenoxy) is 1. The van der Waals surface area contributed by atoms with Gasteiger partial charge in [-0.2, -0.15) is 12.6 Å². The third-order valence-electron chi connectivity index (χ3n) is 1.14. The zero-order valence-electron chi connectivity index (χ0n) is 7.36. The highest BCUT2D eigenvalue weighted by Gasteiger charge is 2.31. The molecule has 0 aliphatic rings. The van der Waals surface area contributed by atoms with E-state index in [1.54, 1.807) is 0 Å². The van der Waals surface area contributed by atoms with E-state index in [9.17, 15) is 4.79 Å². The van der Waals surface area contributed by atoms with Crippen LogP contribution >= 0.6 is 12.6 Å². The van der Waals surface area contributed by atoms with E-state index < -0.39 is 20.1 Å². The minimum Gasteiger partial charge on any atom is -0.468 e. The average Bonchev–Trinajstić information content (AvgIpc) is 2.11. The highest BCUT2D eigenvalue weighted by atomic mass is 32.1. The molecule has 0 N–H and O–H groups in total. The van der Waals surface area contributed by atoms with Crippen LogP contribution < -0.4 is 0 Å². The normalized spacial score (nSPS) is 13.1. The lowest BCUT2D eigenvalue weighted by atomic mass is 10.8. The van der Waals surface area contributed by atoms with Gasteiger partial charge in [0.05, 0.1) is 7.11 Å². The first-order valence-corrected chi connectivity index (χ1v) is 5.37. The third-order valence-corrected chi connectivity index (χ3v) is 3.64. The van der Waals surface area contributed by atoms with Gasteiger partial charge in [0.2, 0.25) is 0 Å². The van der Waals surface area contributed by atoms with Crippen molar-refractivity contribution in [2.24, 2.45) is 0 Å². The fourth-order valence-corrected chi connectivity index (χ4v) is 2.34. The molecule has 6 heteroatoms. The summed E-state index contributed by atoms with van der Waals surface area (Å²) in [6.45, 7) is 2.34. The Balaban J connectivity index is 4.00. The quantitative estimate of drug-likeness (QED) is 0.398. The number of rotatable bonds is 5. The Morgan fingerprint density at radius 3 is 2.50 bits per heavy atom. The van der Waals surface area contributed by atoms with Crippen molar-refractivity contribution in [3.8, 4) is 0 Å².